The van der Waals surface area contributed by atoms with Crippen LogP contribution in [0.1, 0.15) is 6.92 Å². The number of thioether (sulfide) groups is 1. The van der Waals surface area contributed by atoms with E-state index in [-0.39, 0.29) is 17.7 Å². The molecule has 0 aliphatic heterocycles. The van der Waals surface area contributed by atoms with Crippen LogP contribution in [0.3, 0.4) is 0 Å². The van der Waals surface area contributed by atoms with Gasteiger partial charge in [0.1, 0.15) is 5.82 Å². The molecule has 0 fully saturated rings. The molecule has 1 aromatic carbocycles. The minimum Gasteiger partial charge on any atom is -0.398 e. The lowest BCUT2D eigenvalue weighted by molar-refractivity contribution is 0.300. The van der Waals surface area contributed by atoms with Crippen molar-refractivity contribution in [1.82, 2.24) is 0 Å². The molecule has 0 heterocycles. The largest absolute Gasteiger partial charge is 0.398 e. The van der Waals surface area contributed by atoms with Crippen LogP contribution in [0.2, 0.25) is 0 Å². The first-order chi connectivity index (χ1) is 6.13. The second-order valence-electron chi connectivity index (χ2n) is 2.79. The van der Waals surface area contributed by atoms with Crippen LogP contribution < -0.4 is 5.73 Å². The average molecular weight is 201 g/mol. The van der Waals surface area contributed by atoms with Gasteiger partial charge in [-0.2, -0.15) is 0 Å². The Bertz CT molecular complexity index is 293. The molecule has 1 aromatic rings. The van der Waals surface area contributed by atoms with Crippen molar-refractivity contribution in [3.05, 3.63) is 24.0 Å². The molecule has 0 aromatic heterocycles. The summed E-state index contributed by atoms with van der Waals surface area (Å²) in [7, 11) is 0. The number of nitrogen functional groups attached to an aromatic ring is 1. The lowest BCUT2D eigenvalue weighted by atomic mass is 10.3. The smallest absolute Gasteiger partial charge is 0.125 e. The van der Waals surface area contributed by atoms with Crippen molar-refractivity contribution in [2.45, 2.75) is 17.1 Å². The number of anilines is 1. The highest BCUT2D eigenvalue weighted by Gasteiger charge is 2.06. The van der Waals surface area contributed by atoms with Crippen molar-refractivity contribution in [2.75, 3.05) is 12.3 Å². The summed E-state index contributed by atoms with van der Waals surface area (Å²) in [4.78, 5) is 0.808. The van der Waals surface area contributed by atoms with Gasteiger partial charge in [-0.15, -0.1) is 11.8 Å². The van der Waals surface area contributed by atoms with Gasteiger partial charge in [0.15, 0.2) is 0 Å². The van der Waals surface area contributed by atoms with Gasteiger partial charge in [0.25, 0.3) is 0 Å². The zero-order valence-corrected chi connectivity index (χ0v) is 8.14. The molecule has 0 aliphatic carbocycles. The predicted molar refractivity (Wildman–Crippen MR) is 53.2 cm³/mol. The van der Waals surface area contributed by atoms with Gasteiger partial charge < -0.3 is 10.8 Å². The maximum atomic E-state index is 12.6. The van der Waals surface area contributed by atoms with E-state index in [0.29, 0.717) is 5.69 Å². The molecule has 3 N–H and O–H groups in total. The molecule has 0 radical (unpaired) electrons. The molecule has 13 heavy (non-hydrogen) atoms. The van der Waals surface area contributed by atoms with E-state index in [9.17, 15) is 4.39 Å². The molecule has 2 nitrogen and oxygen atoms in total. The van der Waals surface area contributed by atoms with Crippen LogP contribution in [0.15, 0.2) is 23.1 Å². The van der Waals surface area contributed by atoms with Crippen molar-refractivity contribution in [1.29, 1.82) is 0 Å². The van der Waals surface area contributed by atoms with Gasteiger partial charge in [-0.05, 0) is 18.2 Å². The topological polar surface area (TPSA) is 46.2 Å². The fourth-order valence-corrected chi connectivity index (χ4v) is 1.73. The van der Waals surface area contributed by atoms with Crippen LogP contribution in [0.5, 0.6) is 0 Å². The Hall–Kier alpha value is -0.740. The van der Waals surface area contributed by atoms with E-state index in [2.05, 4.69) is 0 Å². The maximum Gasteiger partial charge on any atom is 0.125 e. The molecule has 1 atom stereocenters. The number of rotatable bonds is 3. The van der Waals surface area contributed by atoms with Crippen LogP contribution >= 0.6 is 11.8 Å². The lowest BCUT2D eigenvalue weighted by Crippen LogP contribution is -2.02. The Balaban J connectivity index is 2.77. The molecule has 0 saturated carbocycles. The zero-order chi connectivity index (χ0) is 9.84. The van der Waals surface area contributed by atoms with E-state index in [0.717, 1.165) is 4.90 Å². The highest BCUT2D eigenvalue weighted by molar-refractivity contribution is 8.00. The third-order valence-corrected chi connectivity index (χ3v) is 2.73. The summed E-state index contributed by atoms with van der Waals surface area (Å²) in [6, 6.07) is 4.27. The minimum atomic E-state index is -0.335. The summed E-state index contributed by atoms with van der Waals surface area (Å²) < 4.78 is 12.6. The summed E-state index contributed by atoms with van der Waals surface area (Å²) in [5, 5.41) is 8.88. The number of aliphatic hydroxyl groups excluding tert-OH is 1. The first-order valence-corrected chi connectivity index (χ1v) is 4.84. The van der Waals surface area contributed by atoms with Gasteiger partial charge in [0.2, 0.25) is 0 Å². The minimum absolute atomic E-state index is 0.0766. The van der Waals surface area contributed by atoms with Gasteiger partial charge in [-0.1, -0.05) is 6.92 Å². The Morgan fingerprint density at radius 2 is 2.31 bits per heavy atom. The van der Waals surface area contributed by atoms with Gasteiger partial charge in [-0.3, -0.25) is 0 Å². The monoisotopic (exact) mass is 201 g/mol. The first-order valence-electron chi connectivity index (χ1n) is 3.96. The van der Waals surface area contributed by atoms with Crippen LogP contribution in [0, 0.1) is 5.82 Å². The van der Waals surface area contributed by atoms with E-state index >= 15 is 0 Å². The van der Waals surface area contributed by atoms with Crippen molar-refractivity contribution < 1.29 is 9.50 Å². The Kier molecular flexibility index (Phi) is 3.57. The molecule has 0 spiro atoms. The average Bonchev–Trinajstić information content (AvgIpc) is 2.09. The third kappa shape index (κ3) is 2.90. The van der Waals surface area contributed by atoms with E-state index < -0.39 is 0 Å². The molecule has 0 aliphatic rings. The number of halogens is 1. The van der Waals surface area contributed by atoms with E-state index in [1.54, 1.807) is 6.07 Å². The van der Waals surface area contributed by atoms with Crippen molar-refractivity contribution in [3.63, 3.8) is 0 Å². The van der Waals surface area contributed by atoms with Crippen molar-refractivity contribution in [2.24, 2.45) is 0 Å². The molecule has 0 bridgehead atoms. The summed E-state index contributed by atoms with van der Waals surface area (Å²) >= 11 is 1.44. The molecule has 0 saturated heterocycles. The Morgan fingerprint density at radius 3 is 2.85 bits per heavy atom. The molecular weight excluding hydrogens is 189 g/mol. The fourth-order valence-electron chi connectivity index (χ4n) is 0.881. The maximum absolute atomic E-state index is 12.6. The standard InChI is InChI=1S/C9H12FNOS/c1-6(5-12)13-9-3-2-7(10)4-8(9)11/h2-4,6,12H,5,11H2,1H3. The third-order valence-electron chi connectivity index (χ3n) is 1.56. The quantitative estimate of drug-likeness (QED) is 0.580. The zero-order valence-electron chi connectivity index (χ0n) is 7.33. The van der Waals surface area contributed by atoms with Crippen LogP contribution in [-0.2, 0) is 0 Å². The number of nitrogens with two attached hydrogens (primary N) is 1. The van der Waals surface area contributed by atoms with Gasteiger partial charge in [0, 0.05) is 15.8 Å². The molecule has 0 amide bonds. The number of aliphatic hydroxyl groups is 1. The van der Waals surface area contributed by atoms with Crippen LogP contribution in [0.25, 0.3) is 0 Å². The number of hydrogen-bond donors (Lipinski definition) is 2. The second kappa shape index (κ2) is 4.48. The Morgan fingerprint density at radius 1 is 1.62 bits per heavy atom. The van der Waals surface area contributed by atoms with E-state index in [4.69, 9.17) is 10.8 Å². The van der Waals surface area contributed by atoms with Crippen molar-refractivity contribution in [3.8, 4) is 0 Å². The molecule has 1 unspecified atom stereocenters. The molecule has 1 rings (SSSR count). The lowest BCUT2D eigenvalue weighted by Gasteiger charge is -2.09. The van der Waals surface area contributed by atoms with Gasteiger partial charge >= 0.3 is 0 Å². The van der Waals surface area contributed by atoms with E-state index in [1.165, 1.54) is 23.9 Å². The summed E-state index contributed by atoms with van der Waals surface area (Å²) in [5.74, 6) is -0.335. The fraction of sp³-hybridized carbons (Fsp3) is 0.333. The highest BCUT2D eigenvalue weighted by Crippen LogP contribution is 2.28. The van der Waals surface area contributed by atoms with Gasteiger partial charge in [-0.25, -0.2) is 4.39 Å². The van der Waals surface area contributed by atoms with Gasteiger partial charge in [0.05, 0.1) is 6.61 Å². The first kappa shape index (κ1) is 10.3. The molecule has 72 valence electrons. The summed E-state index contributed by atoms with van der Waals surface area (Å²) in [6.07, 6.45) is 0. The normalized spacial score (nSPS) is 12.8. The van der Waals surface area contributed by atoms with Crippen molar-refractivity contribution >= 4 is 17.4 Å². The van der Waals surface area contributed by atoms with Crippen LogP contribution in [0.4, 0.5) is 10.1 Å². The summed E-state index contributed by atoms with van der Waals surface area (Å²) in [5.41, 5.74) is 6.00. The summed E-state index contributed by atoms with van der Waals surface area (Å²) in [6.45, 7) is 1.97. The number of hydrogen-bond acceptors (Lipinski definition) is 3. The predicted octanol–water partition coefficient (Wildman–Crippen LogP) is 1.88. The highest BCUT2D eigenvalue weighted by atomic mass is 32.2. The SMILES string of the molecule is CC(CO)Sc1ccc(F)cc1N. The second-order valence-corrected chi connectivity index (χ2v) is 4.27. The molecule has 4 heteroatoms. The molecular formula is C9H12FNOS. The van der Waals surface area contributed by atoms with Crippen LogP contribution in [-0.4, -0.2) is 17.0 Å². The number of benzene rings is 1. The Labute approximate surface area is 80.9 Å². The van der Waals surface area contributed by atoms with E-state index in [1.807, 2.05) is 6.92 Å².